The average molecular weight is 440 g/mol. The van der Waals surface area contributed by atoms with E-state index in [1.807, 2.05) is 30.3 Å². The van der Waals surface area contributed by atoms with E-state index in [9.17, 15) is 14.4 Å². The van der Waals surface area contributed by atoms with Crippen molar-refractivity contribution in [3.05, 3.63) is 59.2 Å². The number of nitrogens with zero attached hydrogens (tertiary/aromatic N) is 1. The van der Waals surface area contributed by atoms with E-state index in [0.717, 1.165) is 48.4 Å². The van der Waals surface area contributed by atoms with E-state index < -0.39 is 11.7 Å². The zero-order valence-corrected chi connectivity index (χ0v) is 19.0. The number of aryl methyl sites for hydroxylation is 1. The van der Waals surface area contributed by atoms with E-state index in [2.05, 4.69) is 6.92 Å². The summed E-state index contributed by atoms with van der Waals surface area (Å²) >= 11 is 1.69. The molecular formula is C25H29NO4S. The van der Waals surface area contributed by atoms with Crippen molar-refractivity contribution >= 4 is 35.1 Å². The third kappa shape index (κ3) is 5.76. The van der Waals surface area contributed by atoms with Gasteiger partial charge in [0, 0.05) is 11.4 Å². The number of hydrogen-bond acceptors (Lipinski definition) is 5. The molecule has 164 valence electrons. The molecule has 1 heterocycles. The van der Waals surface area contributed by atoms with Crippen LogP contribution in [-0.4, -0.2) is 36.6 Å². The molecular weight excluding hydrogens is 410 g/mol. The number of thioether (sulfide) groups is 1. The van der Waals surface area contributed by atoms with Crippen LogP contribution in [-0.2, 0) is 16.0 Å². The number of esters is 1. The van der Waals surface area contributed by atoms with Crippen molar-refractivity contribution in [1.29, 1.82) is 0 Å². The molecule has 1 amide bonds. The fraction of sp³-hybridized carbons (Fsp3) is 0.400. The molecule has 31 heavy (non-hydrogen) atoms. The maximum Gasteiger partial charge on any atom is 0.338 e. The monoisotopic (exact) mass is 439 g/mol. The van der Waals surface area contributed by atoms with Gasteiger partial charge in [0.2, 0.25) is 0 Å². The number of hydrogen-bond donors (Lipinski definition) is 0. The van der Waals surface area contributed by atoms with Crippen molar-refractivity contribution in [2.45, 2.75) is 50.8 Å². The Morgan fingerprint density at radius 2 is 1.77 bits per heavy atom. The molecule has 0 radical (unpaired) electrons. The second kappa shape index (κ2) is 11.1. The molecule has 2 aromatic rings. The van der Waals surface area contributed by atoms with E-state index in [0.29, 0.717) is 24.3 Å². The molecule has 2 aromatic carbocycles. The van der Waals surface area contributed by atoms with Crippen molar-refractivity contribution in [2.24, 2.45) is 0 Å². The Kier molecular flexibility index (Phi) is 8.29. The second-order valence-corrected chi connectivity index (χ2v) is 8.71. The number of unbranched alkanes of at least 4 members (excludes halogenated alkanes) is 2. The number of ether oxygens (including phenoxy) is 1. The number of Topliss-reactive ketones (excluding diaryl/α,β-unsaturated/α-hetero) is 1. The van der Waals surface area contributed by atoms with E-state index in [1.54, 1.807) is 35.7 Å². The van der Waals surface area contributed by atoms with Crippen molar-refractivity contribution in [3.63, 3.8) is 0 Å². The number of ketones is 1. The minimum Gasteiger partial charge on any atom is -0.462 e. The fourth-order valence-corrected chi connectivity index (χ4v) is 4.49. The summed E-state index contributed by atoms with van der Waals surface area (Å²) in [6, 6.07) is 13.3. The third-order valence-electron chi connectivity index (χ3n) is 5.27. The van der Waals surface area contributed by atoms with Crippen LogP contribution in [0, 0.1) is 0 Å². The van der Waals surface area contributed by atoms with E-state index in [1.165, 1.54) is 5.56 Å². The highest BCUT2D eigenvalue weighted by Crippen LogP contribution is 2.33. The fourth-order valence-electron chi connectivity index (χ4n) is 3.60. The van der Waals surface area contributed by atoms with Gasteiger partial charge in [-0.3, -0.25) is 9.59 Å². The van der Waals surface area contributed by atoms with Gasteiger partial charge in [0.25, 0.3) is 11.7 Å². The summed E-state index contributed by atoms with van der Waals surface area (Å²) in [5.74, 6) is -0.186. The summed E-state index contributed by atoms with van der Waals surface area (Å²) in [7, 11) is 0. The number of amides is 1. The molecule has 0 bridgehead atoms. The van der Waals surface area contributed by atoms with Gasteiger partial charge in [-0.05, 0) is 67.8 Å². The Balaban J connectivity index is 1.51. The van der Waals surface area contributed by atoms with Gasteiger partial charge in [0.05, 0.1) is 23.4 Å². The van der Waals surface area contributed by atoms with E-state index >= 15 is 0 Å². The van der Waals surface area contributed by atoms with Crippen molar-refractivity contribution in [1.82, 2.24) is 0 Å². The lowest BCUT2D eigenvalue weighted by atomic mass is 10.1. The van der Waals surface area contributed by atoms with Gasteiger partial charge in [0.1, 0.15) is 0 Å². The Morgan fingerprint density at radius 3 is 2.48 bits per heavy atom. The van der Waals surface area contributed by atoms with Crippen LogP contribution >= 0.6 is 11.8 Å². The molecule has 0 aromatic heterocycles. The van der Waals surface area contributed by atoms with Crippen LogP contribution in [0.1, 0.15) is 65.8 Å². The smallest absolute Gasteiger partial charge is 0.338 e. The summed E-state index contributed by atoms with van der Waals surface area (Å²) in [5, 5.41) is 0. The van der Waals surface area contributed by atoms with E-state index in [-0.39, 0.29) is 5.97 Å². The van der Waals surface area contributed by atoms with Crippen LogP contribution in [0.4, 0.5) is 5.69 Å². The largest absolute Gasteiger partial charge is 0.462 e. The Morgan fingerprint density at radius 1 is 1.00 bits per heavy atom. The molecule has 0 saturated carbocycles. The highest BCUT2D eigenvalue weighted by molar-refractivity contribution is 7.99. The highest BCUT2D eigenvalue weighted by Gasteiger charge is 2.35. The van der Waals surface area contributed by atoms with Crippen LogP contribution < -0.4 is 4.90 Å². The minimum atomic E-state index is -0.403. The first-order chi connectivity index (χ1) is 15.0. The Bertz CT molecular complexity index is 939. The van der Waals surface area contributed by atoms with Crippen LogP contribution in [0.15, 0.2) is 47.4 Å². The standard InChI is InChI=1S/C25H29NO4S/c1-3-5-6-15-26-22-14-13-20(17-21(22)23(27)24(26)28)31-16-7-8-18-9-11-19(12-10-18)25(29)30-4-2/h9-14,17H,3-8,15-16H2,1-2H3. The van der Waals surface area contributed by atoms with Crippen LogP contribution in [0.3, 0.4) is 0 Å². The molecule has 0 spiro atoms. The normalized spacial score (nSPS) is 12.9. The van der Waals surface area contributed by atoms with Gasteiger partial charge < -0.3 is 9.64 Å². The van der Waals surface area contributed by atoms with Gasteiger partial charge in [-0.2, -0.15) is 0 Å². The quantitative estimate of drug-likeness (QED) is 0.206. The number of benzene rings is 2. The van der Waals surface area contributed by atoms with Gasteiger partial charge in [-0.25, -0.2) is 4.79 Å². The summed E-state index contributed by atoms with van der Waals surface area (Å²) in [6.45, 7) is 4.89. The van der Waals surface area contributed by atoms with Gasteiger partial charge in [-0.15, -0.1) is 11.8 Å². The predicted octanol–water partition coefficient (Wildman–Crippen LogP) is 5.31. The number of fused-ring (bicyclic) bond motifs is 1. The molecule has 0 aliphatic carbocycles. The summed E-state index contributed by atoms with van der Waals surface area (Å²) in [6.07, 6.45) is 4.91. The average Bonchev–Trinajstić information content (AvgIpc) is 3.02. The lowest BCUT2D eigenvalue weighted by molar-refractivity contribution is -0.114. The van der Waals surface area contributed by atoms with E-state index in [4.69, 9.17) is 4.74 Å². The lowest BCUT2D eigenvalue weighted by Crippen LogP contribution is -2.30. The molecule has 0 N–H and O–H groups in total. The highest BCUT2D eigenvalue weighted by atomic mass is 32.2. The van der Waals surface area contributed by atoms with Gasteiger partial charge in [-0.1, -0.05) is 31.9 Å². The predicted molar refractivity (Wildman–Crippen MR) is 124 cm³/mol. The number of rotatable bonds is 11. The Labute approximate surface area is 188 Å². The Hall–Kier alpha value is -2.60. The molecule has 0 unspecified atom stereocenters. The van der Waals surface area contributed by atoms with Crippen molar-refractivity contribution < 1.29 is 19.1 Å². The molecule has 1 aliphatic heterocycles. The third-order valence-corrected chi connectivity index (χ3v) is 6.35. The lowest BCUT2D eigenvalue weighted by Gasteiger charge is -2.16. The number of carbonyl (C=O) groups is 3. The first kappa shape index (κ1) is 23.1. The molecule has 3 rings (SSSR count). The summed E-state index contributed by atoms with van der Waals surface area (Å²) in [4.78, 5) is 39.1. The SMILES string of the molecule is CCCCCN1C(=O)C(=O)c2cc(SCCCc3ccc(C(=O)OCC)cc3)ccc21. The zero-order valence-electron chi connectivity index (χ0n) is 18.2. The number of carbonyl (C=O) groups excluding carboxylic acids is 3. The number of anilines is 1. The zero-order chi connectivity index (χ0) is 22.2. The first-order valence-electron chi connectivity index (χ1n) is 10.9. The molecule has 0 fully saturated rings. The summed E-state index contributed by atoms with van der Waals surface area (Å²) < 4.78 is 5.00. The minimum absolute atomic E-state index is 0.293. The molecule has 0 atom stereocenters. The maximum absolute atomic E-state index is 12.4. The maximum atomic E-state index is 12.4. The van der Waals surface area contributed by atoms with Crippen LogP contribution in [0.5, 0.6) is 0 Å². The van der Waals surface area contributed by atoms with Gasteiger partial charge >= 0.3 is 5.97 Å². The first-order valence-corrected chi connectivity index (χ1v) is 11.9. The molecule has 0 saturated heterocycles. The molecule has 5 nitrogen and oxygen atoms in total. The summed E-state index contributed by atoms with van der Waals surface area (Å²) in [5.41, 5.74) is 3.02. The topological polar surface area (TPSA) is 63.7 Å². The molecule has 1 aliphatic rings. The van der Waals surface area contributed by atoms with Crippen LogP contribution in [0.25, 0.3) is 0 Å². The molecule has 6 heteroatoms. The second-order valence-electron chi connectivity index (χ2n) is 7.54. The van der Waals surface area contributed by atoms with Crippen LogP contribution in [0.2, 0.25) is 0 Å². The van der Waals surface area contributed by atoms with Crippen molar-refractivity contribution in [3.8, 4) is 0 Å². The van der Waals surface area contributed by atoms with Gasteiger partial charge in [0.15, 0.2) is 0 Å². The van der Waals surface area contributed by atoms with Crippen molar-refractivity contribution in [2.75, 3.05) is 23.8 Å².